The lowest BCUT2D eigenvalue weighted by Gasteiger charge is -2.22. The van der Waals surface area contributed by atoms with Crippen LogP contribution in [0.2, 0.25) is 10.0 Å². The van der Waals surface area contributed by atoms with Gasteiger partial charge in [-0.05, 0) is 48.2 Å². The number of benzene rings is 1. The van der Waals surface area contributed by atoms with E-state index in [1.807, 2.05) is 23.6 Å². The highest BCUT2D eigenvalue weighted by atomic mass is 35.5. The third-order valence-electron chi connectivity index (χ3n) is 3.58. The third-order valence-corrected chi connectivity index (χ3v) is 5.07. The van der Waals surface area contributed by atoms with E-state index in [0.29, 0.717) is 28.7 Å². The SMILES string of the molecule is O=C(c1ccc(Cl)cc1Cl)N(CCc1cccs1)Cc1ccco1. The van der Waals surface area contributed by atoms with E-state index >= 15 is 0 Å². The number of furan rings is 1. The van der Waals surface area contributed by atoms with Crippen molar-refractivity contribution in [3.63, 3.8) is 0 Å². The van der Waals surface area contributed by atoms with E-state index in [-0.39, 0.29) is 5.91 Å². The zero-order valence-corrected chi connectivity index (χ0v) is 15.1. The van der Waals surface area contributed by atoms with Crippen molar-refractivity contribution in [2.75, 3.05) is 6.54 Å². The van der Waals surface area contributed by atoms with Crippen LogP contribution in [0.5, 0.6) is 0 Å². The number of amides is 1. The molecule has 1 aromatic carbocycles. The van der Waals surface area contributed by atoms with Gasteiger partial charge in [-0.3, -0.25) is 4.79 Å². The minimum Gasteiger partial charge on any atom is -0.467 e. The summed E-state index contributed by atoms with van der Waals surface area (Å²) in [6.07, 6.45) is 2.39. The summed E-state index contributed by atoms with van der Waals surface area (Å²) in [5.41, 5.74) is 0.443. The average molecular weight is 380 g/mol. The van der Waals surface area contributed by atoms with E-state index in [9.17, 15) is 4.79 Å². The number of nitrogens with zero attached hydrogens (tertiary/aromatic N) is 1. The van der Waals surface area contributed by atoms with Gasteiger partial charge in [-0.15, -0.1) is 11.3 Å². The first-order chi connectivity index (χ1) is 11.6. The molecule has 0 saturated carbocycles. The Morgan fingerprint density at radius 1 is 1.17 bits per heavy atom. The second kappa shape index (κ2) is 7.88. The largest absolute Gasteiger partial charge is 0.467 e. The van der Waals surface area contributed by atoms with Crippen LogP contribution in [0.25, 0.3) is 0 Å². The van der Waals surface area contributed by atoms with Crippen molar-refractivity contribution >= 4 is 40.4 Å². The first kappa shape index (κ1) is 17.1. The summed E-state index contributed by atoms with van der Waals surface area (Å²) in [5, 5.41) is 2.89. The molecule has 6 heteroatoms. The number of hydrogen-bond acceptors (Lipinski definition) is 3. The van der Waals surface area contributed by atoms with Gasteiger partial charge >= 0.3 is 0 Å². The molecule has 0 unspecified atom stereocenters. The Balaban J connectivity index is 1.80. The number of halogens is 2. The van der Waals surface area contributed by atoms with Gasteiger partial charge in [0.05, 0.1) is 23.4 Å². The first-order valence-electron chi connectivity index (χ1n) is 7.42. The molecule has 3 rings (SSSR count). The van der Waals surface area contributed by atoms with Crippen LogP contribution in [0.4, 0.5) is 0 Å². The van der Waals surface area contributed by atoms with Crippen molar-refractivity contribution in [1.29, 1.82) is 0 Å². The lowest BCUT2D eigenvalue weighted by Crippen LogP contribution is -2.32. The third kappa shape index (κ3) is 4.20. The van der Waals surface area contributed by atoms with Crippen LogP contribution in [0, 0.1) is 0 Å². The molecule has 0 bridgehead atoms. The Hall–Kier alpha value is -1.75. The Labute approximate surface area is 154 Å². The molecule has 0 aliphatic rings. The van der Waals surface area contributed by atoms with Crippen molar-refractivity contribution < 1.29 is 9.21 Å². The Morgan fingerprint density at radius 2 is 2.04 bits per heavy atom. The number of hydrogen-bond donors (Lipinski definition) is 0. The van der Waals surface area contributed by atoms with Crippen LogP contribution in [0.1, 0.15) is 21.0 Å². The second-order valence-electron chi connectivity index (χ2n) is 5.26. The topological polar surface area (TPSA) is 33.5 Å². The summed E-state index contributed by atoms with van der Waals surface area (Å²) in [7, 11) is 0. The van der Waals surface area contributed by atoms with Crippen molar-refractivity contribution in [1.82, 2.24) is 4.90 Å². The van der Waals surface area contributed by atoms with Gasteiger partial charge in [-0.2, -0.15) is 0 Å². The molecule has 0 spiro atoms. The molecule has 0 atom stereocenters. The highest BCUT2D eigenvalue weighted by Crippen LogP contribution is 2.23. The van der Waals surface area contributed by atoms with E-state index in [1.54, 1.807) is 40.7 Å². The maximum absolute atomic E-state index is 12.9. The smallest absolute Gasteiger partial charge is 0.255 e. The summed E-state index contributed by atoms with van der Waals surface area (Å²) in [5.74, 6) is 0.601. The van der Waals surface area contributed by atoms with E-state index in [0.717, 1.165) is 12.2 Å². The molecule has 2 aromatic heterocycles. The van der Waals surface area contributed by atoms with Crippen LogP contribution < -0.4 is 0 Å². The molecule has 3 nitrogen and oxygen atoms in total. The predicted molar refractivity (Wildman–Crippen MR) is 97.9 cm³/mol. The summed E-state index contributed by atoms with van der Waals surface area (Å²) in [6, 6.07) is 12.7. The zero-order chi connectivity index (χ0) is 16.9. The fourth-order valence-electron chi connectivity index (χ4n) is 2.38. The monoisotopic (exact) mass is 379 g/mol. The summed E-state index contributed by atoms with van der Waals surface area (Å²) in [4.78, 5) is 15.9. The van der Waals surface area contributed by atoms with Gasteiger partial charge < -0.3 is 9.32 Å². The van der Waals surface area contributed by atoms with E-state index in [2.05, 4.69) is 6.07 Å². The van der Waals surface area contributed by atoms with E-state index in [1.165, 1.54) is 4.88 Å². The van der Waals surface area contributed by atoms with E-state index < -0.39 is 0 Å². The standard InChI is InChI=1S/C18H15Cl2NO2S/c19-13-5-6-16(17(20)11-13)18(22)21(12-14-3-1-9-23-14)8-7-15-4-2-10-24-15/h1-6,9-11H,7-8,12H2. The molecule has 1 amide bonds. The number of thiophene rings is 1. The minimum atomic E-state index is -0.135. The number of rotatable bonds is 6. The van der Waals surface area contributed by atoms with Crippen molar-refractivity contribution in [2.45, 2.75) is 13.0 Å². The molecule has 124 valence electrons. The molecular formula is C18H15Cl2NO2S. The fraction of sp³-hybridized carbons (Fsp3) is 0.167. The molecule has 0 saturated heterocycles. The van der Waals surface area contributed by atoms with Gasteiger partial charge in [0.25, 0.3) is 5.91 Å². The van der Waals surface area contributed by atoms with Gasteiger partial charge in [-0.25, -0.2) is 0 Å². The Kier molecular flexibility index (Phi) is 5.61. The quantitative estimate of drug-likeness (QED) is 0.563. The second-order valence-corrected chi connectivity index (χ2v) is 7.14. The van der Waals surface area contributed by atoms with Gasteiger partial charge in [0.15, 0.2) is 0 Å². The molecule has 0 radical (unpaired) electrons. The molecule has 0 aliphatic carbocycles. The van der Waals surface area contributed by atoms with Crippen LogP contribution in [-0.2, 0) is 13.0 Å². The van der Waals surface area contributed by atoms with Crippen LogP contribution in [0.15, 0.2) is 58.5 Å². The summed E-state index contributed by atoms with van der Waals surface area (Å²) >= 11 is 13.8. The lowest BCUT2D eigenvalue weighted by molar-refractivity contribution is 0.0734. The van der Waals surface area contributed by atoms with Gasteiger partial charge in [-0.1, -0.05) is 29.3 Å². The highest BCUT2D eigenvalue weighted by molar-refractivity contribution is 7.09. The van der Waals surface area contributed by atoms with Gasteiger partial charge in [0.2, 0.25) is 0 Å². The molecule has 3 aromatic rings. The highest BCUT2D eigenvalue weighted by Gasteiger charge is 2.20. The maximum atomic E-state index is 12.9. The van der Waals surface area contributed by atoms with Crippen LogP contribution in [0.3, 0.4) is 0 Å². The Bertz CT molecular complexity index is 801. The lowest BCUT2D eigenvalue weighted by atomic mass is 10.2. The fourth-order valence-corrected chi connectivity index (χ4v) is 3.56. The zero-order valence-electron chi connectivity index (χ0n) is 12.7. The maximum Gasteiger partial charge on any atom is 0.255 e. The van der Waals surface area contributed by atoms with Crippen molar-refractivity contribution in [3.05, 3.63) is 80.4 Å². The predicted octanol–water partition coefficient (Wildman–Crippen LogP) is 5.53. The molecule has 24 heavy (non-hydrogen) atoms. The molecular weight excluding hydrogens is 365 g/mol. The molecule has 0 fully saturated rings. The number of carbonyl (C=O) groups is 1. The number of carbonyl (C=O) groups excluding carboxylic acids is 1. The minimum absolute atomic E-state index is 0.135. The summed E-state index contributed by atoms with van der Waals surface area (Å²) < 4.78 is 5.39. The molecule has 2 heterocycles. The van der Waals surface area contributed by atoms with E-state index in [4.69, 9.17) is 27.6 Å². The van der Waals surface area contributed by atoms with Crippen LogP contribution >= 0.6 is 34.5 Å². The molecule has 0 aliphatic heterocycles. The average Bonchev–Trinajstić information content (AvgIpc) is 3.24. The van der Waals surface area contributed by atoms with Crippen LogP contribution in [-0.4, -0.2) is 17.4 Å². The van der Waals surface area contributed by atoms with Crippen molar-refractivity contribution in [2.24, 2.45) is 0 Å². The van der Waals surface area contributed by atoms with Gasteiger partial charge in [0.1, 0.15) is 5.76 Å². The summed E-state index contributed by atoms with van der Waals surface area (Å²) in [6.45, 7) is 0.981. The van der Waals surface area contributed by atoms with Crippen molar-refractivity contribution in [3.8, 4) is 0 Å². The first-order valence-corrected chi connectivity index (χ1v) is 9.06. The molecule has 0 N–H and O–H groups in total. The van der Waals surface area contributed by atoms with Gasteiger partial charge in [0, 0.05) is 16.4 Å². The Morgan fingerprint density at radius 3 is 2.71 bits per heavy atom. The normalized spacial score (nSPS) is 10.8.